The Balaban J connectivity index is 2.62. The summed E-state index contributed by atoms with van der Waals surface area (Å²) in [7, 11) is -6.01. The first-order chi connectivity index (χ1) is 12.4. The van der Waals surface area contributed by atoms with E-state index in [9.17, 15) is 36.6 Å². The van der Waals surface area contributed by atoms with E-state index in [-0.39, 0.29) is 12.8 Å². The fourth-order valence-electron chi connectivity index (χ4n) is 1.72. The van der Waals surface area contributed by atoms with Crippen LogP contribution in [0, 0.1) is 22.2 Å². The van der Waals surface area contributed by atoms with Crippen LogP contribution in [0.2, 0.25) is 0 Å². The second-order valence-electron chi connectivity index (χ2n) is 4.70. The molecular formula is C13H9F3IN2O7S+2. The number of non-ortho nitro benzene ring substituents is 1. The molecule has 0 saturated carbocycles. The van der Waals surface area contributed by atoms with Crippen molar-refractivity contribution >= 4 is 21.5 Å². The molecule has 145 valence electrons. The van der Waals surface area contributed by atoms with Crippen molar-refractivity contribution in [3.05, 3.63) is 70.7 Å². The molecule has 2 aromatic rings. The van der Waals surface area contributed by atoms with Crippen LogP contribution in [-0.2, 0) is 12.6 Å². The van der Waals surface area contributed by atoms with Gasteiger partial charge in [0.1, 0.15) is 0 Å². The standard InChI is InChI=1S/C13H9F3IN2O7S/c14-13(15,16)27(24,25)26-17(9-3-1-5-11(7-9)18(20)21)10-4-2-6-12(8-10)19(22)23/h1-8H,(H,20,21)/q+2. The van der Waals surface area contributed by atoms with E-state index in [2.05, 4.69) is 2.51 Å². The molecule has 0 spiro atoms. The van der Waals surface area contributed by atoms with E-state index in [4.69, 9.17) is 5.21 Å². The highest BCUT2D eigenvalue weighted by atomic mass is 127. The molecule has 9 nitrogen and oxygen atoms in total. The SMILES string of the molecule is O=[N+]([O-])c1cccc([I+](OS(=O)(=O)C(F)(F)F)c2cccc([N+](=O)O)c2)c1. The highest BCUT2D eigenvalue weighted by Crippen LogP contribution is 2.22. The van der Waals surface area contributed by atoms with Crippen LogP contribution in [0.5, 0.6) is 0 Å². The van der Waals surface area contributed by atoms with Gasteiger partial charge in [0.25, 0.3) is 10.6 Å². The van der Waals surface area contributed by atoms with Crippen molar-refractivity contribution in [2.45, 2.75) is 5.51 Å². The maximum Gasteiger partial charge on any atom is 0.526 e. The number of alkyl halides is 3. The zero-order valence-corrected chi connectivity index (χ0v) is 15.8. The number of benzene rings is 2. The molecule has 0 aliphatic heterocycles. The van der Waals surface area contributed by atoms with Crippen molar-refractivity contribution in [2.75, 3.05) is 0 Å². The third kappa shape index (κ3) is 4.89. The van der Waals surface area contributed by atoms with Crippen molar-refractivity contribution in [2.24, 2.45) is 0 Å². The van der Waals surface area contributed by atoms with Gasteiger partial charge < -0.3 is 0 Å². The Hall–Kier alpha value is -2.33. The quantitative estimate of drug-likeness (QED) is 0.242. The summed E-state index contributed by atoms with van der Waals surface area (Å²) in [5, 5.41) is 19.8. The number of hydrogen-bond acceptors (Lipinski definition) is 6. The molecule has 0 saturated heterocycles. The van der Waals surface area contributed by atoms with Crippen LogP contribution in [0.3, 0.4) is 0 Å². The van der Waals surface area contributed by atoms with Gasteiger partial charge in [-0.3, -0.25) is 10.1 Å². The first kappa shape index (κ1) is 21.0. The summed E-state index contributed by atoms with van der Waals surface area (Å²) < 4.78 is 65.4. The van der Waals surface area contributed by atoms with Crippen molar-refractivity contribution in [3.63, 3.8) is 0 Å². The molecule has 1 radical (unpaired) electrons. The van der Waals surface area contributed by atoms with Gasteiger partial charge in [0, 0.05) is 12.1 Å². The molecule has 0 unspecified atom stereocenters. The van der Waals surface area contributed by atoms with Gasteiger partial charge >= 0.3 is 41.5 Å². The fraction of sp³-hybridized carbons (Fsp3) is 0.0769. The lowest BCUT2D eigenvalue weighted by Gasteiger charge is -2.07. The molecule has 0 aromatic heterocycles. The normalized spacial score (nSPS) is 12.1. The highest BCUT2D eigenvalue weighted by Gasteiger charge is 2.54. The lowest BCUT2D eigenvalue weighted by molar-refractivity contribution is -1.03. The van der Waals surface area contributed by atoms with Gasteiger partial charge in [-0.15, -0.1) is 0 Å². The average Bonchev–Trinajstić information content (AvgIpc) is 2.59. The van der Waals surface area contributed by atoms with Crippen LogP contribution >= 0.6 is 0 Å². The molecule has 0 aliphatic carbocycles. The average molecular weight is 521 g/mol. The fourth-order valence-corrected chi connectivity index (χ4v) is 8.37. The molecule has 2 aromatic carbocycles. The zero-order valence-electron chi connectivity index (χ0n) is 12.8. The number of rotatable bonds is 6. The van der Waals surface area contributed by atoms with E-state index < -0.39 is 51.4 Å². The van der Waals surface area contributed by atoms with Crippen LogP contribution in [0.4, 0.5) is 24.5 Å². The lowest BCUT2D eigenvalue weighted by Crippen LogP contribution is -3.85. The Morgan fingerprint density at radius 1 is 1.00 bits per heavy atom. The Kier molecular flexibility index (Phi) is 6.01. The molecule has 1 N–H and O–H groups in total. The number of nitro benzene ring substituents is 1. The van der Waals surface area contributed by atoms with Gasteiger partial charge in [0.05, 0.1) is 22.0 Å². The second-order valence-corrected chi connectivity index (χ2v) is 11.2. The Bertz CT molecular complexity index is 940. The molecule has 27 heavy (non-hydrogen) atoms. The molecule has 0 heterocycles. The van der Waals surface area contributed by atoms with Gasteiger partial charge in [-0.2, -0.15) is 21.6 Å². The third-order valence-electron chi connectivity index (χ3n) is 2.87. The van der Waals surface area contributed by atoms with Gasteiger partial charge in [-0.25, -0.2) is 5.21 Å². The van der Waals surface area contributed by atoms with Crippen LogP contribution in [-0.4, -0.2) is 29.0 Å². The van der Waals surface area contributed by atoms with E-state index in [1.807, 2.05) is 0 Å². The van der Waals surface area contributed by atoms with Gasteiger partial charge in [0.15, 0.2) is 7.14 Å². The van der Waals surface area contributed by atoms with E-state index in [1.54, 1.807) is 0 Å². The molecular weight excluding hydrogens is 512 g/mol. The van der Waals surface area contributed by atoms with Crippen LogP contribution in [0.25, 0.3) is 0 Å². The summed E-state index contributed by atoms with van der Waals surface area (Å²) in [4.78, 5) is 20.5. The minimum absolute atomic E-state index is 0.111. The number of hydrogen-bond donors (Lipinski definition) is 1. The second kappa shape index (κ2) is 7.73. The largest absolute Gasteiger partial charge is 0.526 e. The first-order valence-electron chi connectivity index (χ1n) is 6.64. The van der Waals surface area contributed by atoms with Crippen molar-refractivity contribution in [3.8, 4) is 0 Å². The maximum absolute atomic E-state index is 12.7. The summed E-state index contributed by atoms with van der Waals surface area (Å²) in [6.45, 7) is 0. The molecule has 14 heteroatoms. The Labute approximate surface area is 157 Å². The van der Waals surface area contributed by atoms with E-state index in [1.165, 1.54) is 18.2 Å². The van der Waals surface area contributed by atoms with E-state index >= 15 is 0 Å². The Morgan fingerprint density at radius 3 is 1.93 bits per heavy atom. The van der Waals surface area contributed by atoms with Gasteiger partial charge in [-0.1, -0.05) is 12.1 Å². The zero-order chi connectivity index (χ0) is 20.4. The molecule has 2 rings (SSSR count). The van der Waals surface area contributed by atoms with Crippen molar-refractivity contribution in [1.82, 2.24) is 0 Å². The predicted octanol–water partition coefficient (Wildman–Crippen LogP) is -0.160. The number of nitrogens with zero attached hydrogens (tertiary/aromatic N) is 2. The van der Waals surface area contributed by atoms with Gasteiger partial charge in [0.2, 0.25) is 0 Å². The summed E-state index contributed by atoms with van der Waals surface area (Å²) in [6, 6.07) is 8.78. The molecule has 0 aliphatic rings. The summed E-state index contributed by atoms with van der Waals surface area (Å²) in [5.41, 5.74) is -6.57. The summed E-state index contributed by atoms with van der Waals surface area (Å²) in [5.74, 6) is 0. The van der Waals surface area contributed by atoms with Crippen LogP contribution in [0.15, 0.2) is 48.5 Å². The van der Waals surface area contributed by atoms with E-state index in [0.717, 1.165) is 30.3 Å². The molecule has 0 atom stereocenters. The lowest BCUT2D eigenvalue weighted by atomic mass is 10.3. The number of halogens is 4. The van der Waals surface area contributed by atoms with Crippen LogP contribution < -0.4 is 20.2 Å². The van der Waals surface area contributed by atoms with Crippen LogP contribution in [0.1, 0.15) is 0 Å². The van der Waals surface area contributed by atoms with Gasteiger partial charge in [-0.05, 0) is 14.6 Å². The maximum atomic E-state index is 12.7. The molecule has 0 bridgehead atoms. The highest BCUT2D eigenvalue weighted by molar-refractivity contribution is 7.87. The van der Waals surface area contributed by atoms with E-state index in [0.29, 0.717) is 0 Å². The summed E-state index contributed by atoms with van der Waals surface area (Å²) in [6.07, 6.45) is 0. The van der Waals surface area contributed by atoms with Crippen molar-refractivity contribution < 1.29 is 59.4 Å². The minimum atomic E-state index is -6.01. The minimum Gasteiger partial charge on any atom is -0.258 e. The first-order valence-corrected chi connectivity index (χ1v) is 11.1. The molecule has 0 amide bonds. The third-order valence-corrected chi connectivity index (χ3v) is 9.84. The topological polar surface area (TPSA) is 127 Å². The summed E-state index contributed by atoms with van der Waals surface area (Å²) >= 11 is -3.93. The predicted molar refractivity (Wildman–Crippen MR) is 78.1 cm³/mol. The molecule has 0 fully saturated rings. The van der Waals surface area contributed by atoms with Crippen molar-refractivity contribution in [1.29, 1.82) is 0 Å². The smallest absolute Gasteiger partial charge is 0.258 e. The Morgan fingerprint density at radius 2 is 1.48 bits per heavy atom. The number of nitro groups is 1. The monoisotopic (exact) mass is 521 g/mol.